The highest BCUT2D eigenvalue weighted by molar-refractivity contribution is 5.77. The van der Waals surface area contributed by atoms with Crippen LogP contribution in [0.3, 0.4) is 0 Å². The average Bonchev–Trinajstić information content (AvgIpc) is 3.23. The third-order valence-corrected chi connectivity index (χ3v) is 4.84. The Balaban J connectivity index is 1.73. The molecule has 2 aromatic heterocycles. The Morgan fingerprint density at radius 3 is 3.00 bits per heavy atom. The van der Waals surface area contributed by atoms with Gasteiger partial charge in [0.1, 0.15) is 6.33 Å². The van der Waals surface area contributed by atoms with Crippen molar-refractivity contribution >= 4 is 11.7 Å². The predicted octanol–water partition coefficient (Wildman–Crippen LogP) is 1.27. The number of carbonyl (C=O) groups is 1. The number of aryl methyl sites for hydroxylation is 2. The van der Waals surface area contributed by atoms with E-state index in [1.54, 1.807) is 4.52 Å². The van der Waals surface area contributed by atoms with Gasteiger partial charge >= 0.3 is 0 Å². The van der Waals surface area contributed by atoms with E-state index in [9.17, 15) is 4.79 Å². The van der Waals surface area contributed by atoms with Crippen LogP contribution >= 0.6 is 0 Å². The summed E-state index contributed by atoms with van der Waals surface area (Å²) in [5, 5.41) is 7.57. The number of hydrogen-bond acceptors (Lipinski definition) is 5. The average molecular weight is 330 g/mol. The van der Waals surface area contributed by atoms with E-state index in [1.165, 1.54) is 6.33 Å². The number of fused-ring (bicyclic) bond motifs is 1. The van der Waals surface area contributed by atoms with E-state index < -0.39 is 0 Å². The van der Waals surface area contributed by atoms with Crippen LogP contribution in [0.2, 0.25) is 0 Å². The Morgan fingerprint density at radius 2 is 2.29 bits per heavy atom. The van der Waals surface area contributed by atoms with Crippen LogP contribution in [0.1, 0.15) is 43.1 Å². The maximum atomic E-state index is 12.8. The van der Waals surface area contributed by atoms with E-state index in [4.69, 9.17) is 0 Å². The predicted molar refractivity (Wildman–Crippen MR) is 91.9 cm³/mol. The molecule has 1 N–H and O–H groups in total. The van der Waals surface area contributed by atoms with Crippen molar-refractivity contribution in [1.29, 1.82) is 0 Å². The third kappa shape index (κ3) is 3.26. The maximum absolute atomic E-state index is 12.8. The zero-order valence-electron chi connectivity index (χ0n) is 14.7. The highest BCUT2D eigenvalue weighted by atomic mass is 16.2. The van der Waals surface area contributed by atoms with Gasteiger partial charge in [-0.15, -0.1) is 0 Å². The van der Waals surface area contributed by atoms with Crippen LogP contribution in [-0.4, -0.2) is 56.1 Å². The van der Waals surface area contributed by atoms with Crippen molar-refractivity contribution in [2.75, 3.05) is 19.6 Å². The summed E-state index contributed by atoms with van der Waals surface area (Å²) in [5.41, 5.74) is 3.06. The van der Waals surface area contributed by atoms with Gasteiger partial charge in [0, 0.05) is 36.9 Å². The van der Waals surface area contributed by atoms with Gasteiger partial charge in [0.25, 0.3) is 5.78 Å². The lowest BCUT2D eigenvalue weighted by Gasteiger charge is -2.28. The van der Waals surface area contributed by atoms with Crippen molar-refractivity contribution in [2.45, 2.75) is 52.5 Å². The van der Waals surface area contributed by atoms with Crippen LogP contribution < -0.4 is 5.32 Å². The Hall–Kier alpha value is -2.02. The fraction of sp³-hybridized carbons (Fsp3) is 0.647. The van der Waals surface area contributed by atoms with Crippen molar-refractivity contribution in [3.8, 4) is 0 Å². The molecule has 1 amide bonds. The van der Waals surface area contributed by atoms with Crippen LogP contribution in [0.5, 0.6) is 0 Å². The molecule has 3 rings (SSSR count). The molecule has 0 bridgehead atoms. The molecule has 0 aromatic carbocycles. The van der Waals surface area contributed by atoms with Gasteiger partial charge in [0.15, 0.2) is 0 Å². The summed E-state index contributed by atoms with van der Waals surface area (Å²) in [7, 11) is 0. The van der Waals surface area contributed by atoms with Crippen molar-refractivity contribution in [3.05, 3.63) is 23.3 Å². The summed E-state index contributed by atoms with van der Waals surface area (Å²) in [6.45, 7) is 8.87. The van der Waals surface area contributed by atoms with Crippen molar-refractivity contribution < 1.29 is 4.79 Å². The van der Waals surface area contributed by atoms with Gasteiger partial charge in [-0.2, -0.15) is 10.1 Å². The number of hydrogen-bond donors (Lipinski definition) is 1. The molecule has 3 heterocycles. The molecule has 2 aromatic rings. The molecule has 0 aliphatic carbocycles. The molecular weight excluding hydrogens is 304 g/mol. The normalized spacial score (nSPS) is 17.5. The van der Waals surface area contributed by atoms with Gasteiger partial charge in [-0.25, -0.2) is 9.50 Å². The van der Waals surface area contributed by atoms with Crippen molar-refractivity contribution in [1.82, 2.24) is 29.8 Å². The molecular formula is C17H26N6O. The zero-order valence-corrected chi connectivity index (χ0v) is 14.7. The number of amides is 1. The lowest BCUT2D eigenvalue weighted by Crippen LogP contribution is -2.42. The number of rotatable bonds is 6. The van der Waals surface area contributed by atoms with Gasteiger partial charge in [0.05, 0.1) is 0 Å². The van der Waals surface area contributed by atoms with Crippen molar-refractivity contribution in [3.63, 3.8) is 0 Å². The number of nitrogens with one attached hydrogen (secondary N) is 1. The topological polar surface area (TPSA) is 75.4 Å². The molecule has 0 spiro atoms. The van der Waals surface area contributed by atoms with Crippen LogP contribution in [0.25, 0.3) is 5.78 Å². The molecule has 1 saturated heterocycles. The molecule has 1 aliphatic rings. The van der Waals surface area contributed by atoms with Crippen LogP contribution in [-0.2, 0) is 11.2 Å². The minimum atomic E-state index is 0.239. The standard InChI is InChI=1S/C17H26N6O/c1-4-9-22(14-7-8-18-10-14)16(24)6-5-15-12(2)21-17-19-11-20-23(17)13(15)3/h11,14,18H,4-10H2,1-3H3. The first-order valence-corrected chi connectivity index (χ1v) is 8.77. The highest BCUT2D eigenvalue weighted by Gasteiger charge is 2.25. The summed E-state index contributed by atoms with van der Waals surface area (Å²) < 4.78 is 1.75. The molecule has 7 heteroatoms. The Kier molecular flexibility index (Phi) is 5.08. The summed E-state index contributed by atoms with van der Waals surface area (Å²) in [5.74, 6) is 0.854. The maximum Gasteiger partial charge on any atom is 0.252 e. The molecule has 24 heavy (non-hydrogen) atoms. The van der Waals surface area contributed by atoms with Crippen molar-refractivity contribution in [2.24, 2.45) is 0 Å². The monoisotopic (exact) mass is 330 g/mol. The first kappa shape index (κ1) is 16.8. The fourth-order valence-corrected chi connectivity index (χ4v) is 3.55. The summed E-state index contributed by atoms with van der Waals surface area (Å²) >= 11 is 0. The van der Waals surface area contributed by atoms with Crippen LogP contribution in [0.4, 0.5) is 0 Å². The lowest BCUT2D eigenvalue weighted by molar-refractivity contribution is -0.133. The summed E-state index contributed by atoms with van der Waals surface area (Å²) in [4.78, 5) is 23.5. The van der Waals surface area contributed by atoms with E-state index in [0.717, 1.165) is 49.4 Å². The second-order valence-corrected chi connectivity index (χ2v) is 6.47. The first-order valence-electron chi connectivity index (χ1n) is 8.77. The Labute approximate surface area is 142 Å². The molecule has 130 valence electrons. The van der Waals surface area contributed by atoms with E-state index in [-0.39, 0.29) is 5.91 Å². The lowest BCUT2D eigenvalue weighted by atomic mass is 10.1. The van der Waals surface area contributed by atoms with E-state index in [2.05, 4.69) is 32.2 Å². The van der Waals surface area contributed by atoms with E-state index >= 15 is 0 Å². The summed E-state index contributed by atoms with van der Waals surface area (Å²) in [6, 6.07) is 0.343. The van der Waals surface area contributed by atoms with Crippen LogP contribution in [0, 0.1) is 13.8 Å². The molecule has 1 fully saturated rings. The quantitative estimate of drug-likeness (QED) is 0.863. The second-order valence-electron chi connectivity index (χ2n) is 6.47. The fourth-order valence-electron chi connectivity index (χ4n) is 3.55. The number of aromatic nitrogens is 4. The molecule has 1 unspecified atom stereocenters. The minimum Gasteiger partial charge on any atom is -0.338 e. The third-order valence-electron chi connectivity index (χ3n) is 4.84. The minimum absolute atomic E-state index is 0.239. The molecule has 1 aliphatic heterocycles. The summed E-state index contributed by atoms with van der Waals surface area (Å²) in [6.07, 6.45) is 4.77. The molecule has 0 saturated carbocycles. The molecule has 7 nitrogen and oxygen atoms in total. The zero-order chi connectivity index (χ0) is 17.1. The van der Waals surface area contributed by atoms with Crippen LogP contribution in [0.15, 0.2) is 6.33 Å². The highest BCUT2D eigenvalue weighted by Crippen LogP contribution is 2.17. The van der Waals surface area contributed by atoms with Gasteiger partial charge in [-0.1, -0.05) is 6.92 Å². The Morgan fingerprint density at radius 1 is 1.46 bits per heavy atom. The van der Waals surface area contributed by atoms with E-state index in [1.807, 2.05) is 13.8 Å². The van der Waals surface area contributed by atoms with Gasteiger partial charge in [-0.05, 0) is 45.2 Å². The smallest absolute Gasteiger partial charge is 0.252 e. The van der Waals surface area contributed by atoms with Gasteiger partial charge in [0.2, 0.25) is 5.91 Å². The Bertz CT molecular complexity index is 719. The molecule has 0 radical (unpaired) electrons. The largest absolute Gasteiger partial charge is 0.338 e. The van der Waals surface area contributed by atoms with E-state index in [0.29, 0.717) is 24.7 Å². The molecule has 1 atom stereocenters. The number of carbonyl (C=O) groups excluding carboxylic acids is 1. The van der Waals surface area contributed by atoms with Gasteiger partial charge in [-0.3, -0.25) is 4.79 Å². The first-order chi connectivity index (χ1) is 11.6. The number of nitrogens with zero attached hydrogens (tertiary/aromatic N) is 5. The van der Waals surface area contributed by atoms with Gasteiger partial charge < -0.3 is 10.2 Å². The SMILES string of the molecule is CCCN(C(=O)CCc1c(C)nc2ncnn2c1C)C1CCNC1. The second kappa shape index (κ2) is 7.25.